The number of hydrogen-bond acceptors (Lipinski definition) is 3. The first-order chi connectivity index (χ1) is 14.7. The molecule has 1 N–H and O–H groups in total. The first-order valence-corrected chi connectivity index (χ1v) is 10.8. The van der Waals surface area contributed by atoms with Crippen LogP contribution in [0.1, 0.15) is 22.0 Å². The highest BCUT2D eigenvalue weighted by molar-refractivity contribution is 7.61. The highest BCUT2D eigenvalue weighted by Crippen LogP contribution is 2.18. The van der Waals surface area contributed by atoms with E-state index in [1.165, 1.54) is 0 Å². The van der Waals surface area contributed by atoms with Crippen LogP contribution in [0.3, 0.4) is 0 Å². The molecule has 0 amide bonds. The molecule has 0 saturated heterocycles. The Hall–Kier alpha value is -3.39. The maximum atomic E-state index is 12.0. The molecule has 30 heavy (non-hydrogen) atoms. The third kappa shape index (κ3) is 5.81. The van der Waals surface area contributed by atoms with Gasteiger partial charge in [-0.25, -0.2) is 0 Å². The van der Waals surface area contributed by atoms with Crippen LogP contribution in [0, 0.1) is 0 Å². The Morgan fingerprint density at radius 3 is 1.40 bits per heavy atom. The highest BCUT2D eigenvalue weighted by atomic mass is 31.1. The van der Waals surface area contributed by atoms with Gasteiger partial charge in [0.05, 0.1) is 0 Å². The first-order valence-electron chi connectivity index (χ1n) is 9.56. The summed E-state index contributed by atoms with van der Waals surface area (Å²) in [6.45, 7) is 0. The van der Waals surface area contributed by atoms with Crippen molar-refractivity contribution < 1.29 is 14.5 Å². The van der Waals surface area contributed by atoms with Crippen LogP contribution in [-0.4, -0.2) is 10.9 Å². The van der Waals surface area contributed by atoms with Gasteiger partial charge in [0, 0.05) is 5.56 Å². The summed E-state index contributed by atoms with van der Waals surface area (Å²) in [7, 11) is -1.42. The number of carbonyl (C=O) groups excluding carboxylic acids is 1. The summed E-state index contributed by atoms with van der Waals surface area (Å²) in [6.07, 6.45) is -1.08. The fraction of sp³-hybridized carbons (Fsp3) is 0.0385. The second-order valence-corrected chi connectivity index (χ2v) is 8.13. The molecule has 0 aliphatic heterocycles. The average molecular weight is 413 g/mol. The Labute approximate surface area is 177 Å². The second-order valence-electron chi connectivity index (χ2n) is 6.51. The summed E-state index contributed by atoms with van der Waals surface area (Å²) < 4.78 is 12.0. The minimum absolute atomic E-state index is 0.271. The number of Topliss-reactive ketones (excluding diaryl/α,β-unsaturated/α-hetero) is 1. The molecular formula is C26H22O3P+. The first kappa shape index (κ1) is 21.3. The standard InChI is InChI=1S/C14H12O2.C12H10OP/c15-13(11-7-3-1-4-8-11)14(16)12-9-5-2-6-10-12;13-14(11-7-3-1-4-8-11)12-9-5-2-6-10-12/h1-10,13,15H;1-10H/q;+1. The number of benzene rings is 4. The van der Waals surface area contributed by atoms with Crippen LogP contribution in [-0.2, 0) is 4.57 Å². The molecule has 0 aliphatic rings. The molecule has 4 rings (SSSR count). The van der Waals surface area contributed by atoms with E-state index in [4.69, 9.17) is 0 Å². The Kier molecular flexibility index (Phi) is 7.79. The summed E-state index contributed by atoms with van der Waals surface area (Å²) in [5.41, 5.74) is 1.15. The van der Waals surface area contributed by atoms with Gasteiger partial charge in [0.15, 0.2) is 16.4 Å². The lowest BCUT2D eigenvalue weighted by Gasteiger charge is -2.09. The second kappa shape index (κ2) is 11.0. The predicted molar refractivity (Wildman–Crippen MR) is 122 cm³/mol. The third-order valence-corrected chi connectivity index (χ3v) is 5.94. The number of ketones is 1. The molecule has 1 atom stereocenters. The van der Waals surface area contributed by atoms with Gasteiger partial charge in [-0.05, 0) is 29.8 Å². The van der Waals surface area contributed by atoms with Gasteiger partial charge in [-0.1, -0.05) is 102 Å². The topological polar surface area (TPSA) is 54.4 Å². The molecule has 0 fully saturated rings. The van der Waals surface area contributed by atoms with Crippen LogP contribution in [0.5, 0.6) is 0 Å². The highest BCUT2D eigenvalue weighted by Gasteiger charge is 2.21. The number of aliphatic hydroxyl groups is 1. The summed E-state index contributed by atoms with van der Waals surface area (Å²) in [6, 6.07) is 36.8. The average Bonchev–Trinajstić information content (AvgIpc) is 2.85. The SMILES string of the molecule is O=C(c1ccccc1)C(O)c1ccccc1.O=[P+](c1ccccc1)c1ccccc1. The van der Waals surface area contributed by atoms with Crippen molar-refractivity contribution >= 4 is 24.2 Å². The quantitative estimate of drug-likeness (QED) is 0.367. The normalized spacial score (nSPS) is 11.0. The van der Waals surface area contributed by atoms with E-state index in [1.54, 1.807) is 48.5 Å². The summed E-state index contributed by atoms with van der Waals surface area (Å²) in [4.78, 5) is 11.9. The van der Waals surface area contributed by atoms with Crippen LogP contribution in [0.4, 0.5) is 0 Å². The molecule has 0 bridgehead atoms. The van der Waals surface area contributed by atoms with Crippen molar-refractivity contribution in [2.45, 2.75) is 6.10 Å². The summed E-state index contributed by atoms with van der Waals surface area (Å²) in [5, 5.41) is 11.7. The van der Waals surface area contributed by atoms with Gasteiger partial charge in [0.2, 0.25) is 0 Å². The van der Waals surface area contributed by atoms with Crippen molar-refractivity contribution in [1.82, 2.24) is 0 Å². The van der Waals surface area contributed by atoms with Crippen LogP contribution < -0.4 is 10.6 Å². The monoisotopic (exact) mass is 413 g/mol. The lowest BCUT2D eigenvalue weighted by Crippen LogP contribution is -2.11. The van der Waals surface area contributed by atoms with Crippen LogP contribution in [0.25, 0.3) is 0 Å². The maximum Gasteiger partial charge on any atom is 0.415 e. The molecule has 0 heterocycles. The predicted octanol–water partition coefficient (Wildman–Crippen LogP) is 5.07. The van der Waals surface area contributed by atoms with Crippen molar-refractivity contribution in [3.8, 4) is 0 Å². The molecular weight excluding hydrogens is 391 g/mol. The molecule has 0 radical (unpaired) electrons. The molecule has 148 valence electrons. The van der Waals surface area contributed by atoms with E-state index in [-0.39, 0.29) is 5.78 Å². The van der Waals surface area contributed by atoms with E-state index in [9.17, 15) is 14.5 Å². The number of hydrogen-bond donors (Lipinski definition) is 1. The smallest absolute Gasteiger partial charge is 0.380 e. The van der Waals surface area contributed by atoms with Gasteiger partial charge < -0.3 is 5.11 Å². The van der Waals surface area contributed by atoms with E-state index in [0.717, 1.165) is 10.6 Å². The number of aliphatic hydroxyl groups excluding tert-OH is 1. The van der Waals surface area contributed by atoms with Gasteiger partial charge in [-0.15, -0.1) is 0 Å². The fourth-order valence-corrected chi connectivity index (χ4v) is 4.01. The Morgan fingerprint density at radius 1 is 0.600 bits per heavy atom. The lowest BCUT2D eigenvalue weighted by atomic mass is 10.0. The Morgan fingerprint density at radius 2 is 0.967 bits per heavy atom. The van der Waals surface area contributed by atoms with Crippen LogP contribution in [0.15, 0.2) is 121 Å². The van der Waals surface area contributed by atoms with Gasteiger partial charge in [0.25, 0.3) is 0 Å². The minimum Gasteiger partial charge on any atom is -0.380 e. The van der Waals surface area contributed by atoms with Crippen molar-refractivity contribution in [3.63, 3.8) is 0 Å². The van der Waals surface area contributed by atoms with E-state index in [0.29, 0.717) is 11.1 Å². The van der Waals surface area contributed by atoms with E-state index in [1.807, 2.05) is 72.8 Å². The molecule has 0 spiro atoms. The fourth-order valence-electron chi connectivity index (χ4n) is 2.82. The molecule has 4 aromatic carbocycles. The van der Waals surface area contributed by atoms with Crippen molar-refractivity contribution in [1.29, 1.82) is 0 Å². The largest absolute Gasteiger partial charge is 0.415 e. The third-order valence-electron chi connectivity index (χ3n) is 4.40. The van der Waals surface area contributed by atoms with Crippen molar-refractivity contribution in [3.05, 3.63) is 132 Å². The number of rotatable bonds is 5. The van der Waals surface area contributed by atoms with Crippen LogP contribution in [0.2, 0.25) is 0 Å². The molecule has 1 unspecified atom stereocenters. The van der Waals surface area contributed by atoms with Crippen molar-refractivity contribution in [2.24, 2.45) is 0 Å². The Bertz CT molecular complexity index is 1020. The number of carbonyl (C=O) groups is 1. The molecule has 0 saturated carbocycles. The van der Waals surface area contributed by atoms with Crippen molar-refractivity contribution in [2.75, 3.05) is 0 Å². The van der Waals surface area contributed by atoms with Crippen LogP contribution >= 0.6 is 7.80 Å². The van der Waals surface area contributed by atoms with Gasteiger partial charge >= 0.3 is 7.80 Å². The van der Waals surface area contributed by atoms with Gasteiger partial charge in [-0.2, -0.15) is 0 Å². The van der Waals surface area contributed by atoms with E-state index in [2.05, 4.69) is 0 Å². The van der Waals surface area contributed by atoms with E-state index >= 15 is 0 Å². The van der Waals surface area contributed by atoms with Gasteiger partial charge in [-0.3, -0.25) is 4.79 Å². The maximum absolute atomic E-state index is 12.0. The zero-order valence-electron chi connectivity index (χ0n) is 16.3. The Balaban J connectivity index is 0.000000172. The molecule has 4 aromatic rings. The van der Waals surface area contributed by atoms with E-state index < -0.39 is 13.9 Å². The molecule has 0 aliphatic carbocycles. The lowest BCUT2D eigenvalue weighted by molar-refractivity contribution is 0.0747. The summed E-state index contributed by atoms with van der Waals surface area (Å²) >= 11 is 0. The zero-order chi connectivity index (χ0) is 21.2. The molecule has 4 heteroatoms. The summed E-state index contributed by atoms with van der Waals surface area (Å²) in [5.74, 6) is -0.271. The molecule has 3 nitrogen and oxygen atoms in total. The molecule has 0 aromatic heterocycles. The zero-order valence-corrected chi connectivity index (χ0v) is 17.2. The minimum atomic E-state index is -1.42. The van der Waals surface area contributed by atoms with Gasteiger partial charge in [0.1, 0.15) is 6.10 Å².